The van der Waals surface area contributed by atoms with E-state index >= 15 is 0 Å². The summed E-state index contributed by atoms with van der Waals surface area (Å²) in [6.45, 7) is 4.05. The van der Waals surface area contributed by atoms with Crippen LogP contribution in [-0.4, -0.2) is 27.7 Å². The topological polar surface area (TPSA) is 54.3 Å². The van der Waals surface area contributed by atoms with Gasteiger partial charge < -0.3 is 15.0 Å². The Hall–Kier alpha value is -1.81. The molecule has 20 heavy (non-hydrogen) atoms. The summed E-state index contributed by atoms with van der Waals surface area (Å²) in [5, 5.41) is 13.1. The monoisotopic (exact) mass is 274 g/mol. The molecule has 1 atom stereocenters. The Morgan fingerprint density at radius 3 is 2.75 bits per heavy atom. The molecule has 0 saturated carbocycles. The Balaban J connectivity index is 2.32. The van der Waals surface area contributed by atoms with Crippen LogP contribution in [0.25, 0.3) is 10.9 Å². The van der Waals surface area contributed by atoms with Crippen LogP contribution < -0.4 is 5.32 Å². The number of rotatable bonds is 5. The molecule has 1 unspecified atom stereocenters. The Bertz CT molecular complexity index is 618. The van der Waals surface area contributed by atoms with Crippen molar-refractivity contribution >= 4 is 16.8 Å². The van der Waals surface area contributed by atoms with Gasteiger partial charge in [0.05, 0.1) is 5.56 Å². The largest absolute Gasteiger partial charge is 0.396 e. The molecule has 4 heteroatoms. The van der Waals surface area contributed by atoms with Crippen molar-refractivity contribution < 1.29 is 9.90 Å². The second kappa shape index (κ2) is 5.67. The first-order valence-corrected chi connectivity index (χ1v) is 6.98. The van der Waals surface area contributed by atoms with E-state index in [9.17, 15) is 4.79 Å². The summed E-state index contributed by atoms with van der Waals surface area (Å²) in [7, 11) is 1.94. The molecule has 1 aromatic carbocycles. The first-order valence-electron chi connectivity index (χ1n) is 6.98. The number of nitrogens with one attached hydrogen (secondary N) is 1. The third kappa shape index (κ3) is 2.70. The number of hydrogen-bond acceptors (Lipinski definition) is 2. The van der Waals surface area contributed by atoms with E-state index in [1.807, 2.05) is 55.9 Å². The lowest BCUT2D eigenvalue weighted by Crippen LogP contribution is -2.46. The summed E-state index contributed by atoms with van der Waals surface area (Å²) in [5.41, 5.74) is 1.35. The number of hydrogen-bond donors (Lipinski definition) is 2. The van der Waals surface area contributed by atoms with Crippen molar-refractivity contribution in [2.24, 2.45) is 7.05 Å². The maximum atomic E-state index is 12.5. The van der Waals surface area contributed by atoms with E-state index in [0.29, 0.717) is 12.0 Å². The van der Waals surface area contributed by atoms with Crippen molar-refractivity contribution in [2.75, 3.05) is 6.61 Å². The highest BCUT2D eigenvalue weighted by Crippen LogP contribution is 2.22. The van der Waals surface area contributed by atoms with E-state index in [1.54, 1.807) is 0 Å². The summed E-state index contributed by atoms with van der Waals surface area (Å²) < 4.78 is 1.96. The molecule has 0 fully saturated rings. The summed E-state index contributed by atoms with van der Waals surface area (Å²) >= 11 is 0. The highest BCUT2D eigenvalue weighted by molar-refractivity contribution is 6.07. The molecule has 2 aromatic rings. The zero-order chi connectivity index (χ0) is 14.8. The number of carbonyl (C=O) groups excluding carboxylic acids is 1. The van der Waals surface area contributed by atoms with Gasteiger partial charge in [-0.3, -0.25) is 4.79 Å². The van der Waals surface area contributed by atoms with E-state index < -0.39 is 0 Å². The summed E-state index contributed by atoms with van der Waals surface area (Å²) in [5.74, 6) is -0.0837. The maximum Gasteiger partial charge on any atom is 0.253 e. The van der Waals surface area contributed by atoms with Crippen molar-refractivity contribution in [1.29, 1.82) is 0 Å². The fraction of sp³-hybridized carbons (Fsp3) is 0.438. The highest BCUT2D eigenvalue weighted by atomic mass is 16.3. The molecule has 0 aliphatic carbocycles. The lowest BCUT2D eigenvalue weighted by atomic mass is 9.94. The third-order valence-corrected chi connectivity index (χ3v) is 4.00. The van der Waals surface area contributed by atoms with Crippen molar-refractivity contribution in [3.8, 4) is 0 Å². The van der Waals surface area contributed by atoms with Gasteiger partial charge in [-0.25, -0.2) is 0 Å². The molecule has 2 N–H and O–H groups in total. The van der Waals surface area contributed by atoms with Gasteiger partial charge in [0.25, 0.3) is 5.91 Å². The zero-order valence-corrected chi connectivity index (χ0v) is 12.3. The molecular weight excluding hydrogens is 252 g/mol. The number of para-hydroxylation sites is 1. The first kappa shape index (κ1) is 14.6. The van der Waals surface area contributed by atoms with Crippen molar-refractivity contribution in [1.82, 2.24) is 9.88 Å². The smallest absolute Gasteiger partial charge is 0.253 e. The fourth-order valence-electron chi connectivity index (χ4n) is 2.44. The Kier molecular flexibility index (Phi) is 4.14. The van der Waals surface area contributed by atoms with Crippen molar-refractivity contribution in [2.45, 2.75) is 32.2 Å². The van der Waals surface area contributed by atoms with E-state index in [-0.39, 0.29) is 18.1 Å². The molecular formula is C16H22N2O2. The molecule has 1 heterocycles. The quantitative estimate of drug-likeness (QED) is 0.880. The van der Waals surface area contributed by atoms with Gasteiger partial charge in [-0.2, -0.15) is 0 Å². The second-order valence-electron chi connectivity index (χ2n) is 5.51. The van der Waals surface area contributed by atoms with Crippen LogP contribution in [0.2, 0.25) is 0 Å². The van der Waals surface area contributed by atoms with E-state index in [0.717, 1.165) is 17.3 Å². The predicted molar refractivity (Wildman–Crippen MR) is 80.8 cm³/mol. The van der Waals surface area contributed by atoms with Gasteiger partial charge in [0.15, 0.2) is 0 Å². The van der Waals surface area contributed by atoms with E-state index in [4.69, 9.17) is 5.11 Å². The summed E-state index contributed by atoms with van der Waals surface area (Å²) in [4.78, 5) is 12.5. The summed E-state index contributed by atoms with van der Waals surface area (Å²) in [6.07, 6.45) is 3.19. The van der Waals surface area contributed by atoms with Crippen LogP contribution in [0.3, 0.4) is 0 Å². The molecule has 0 bridgehead atoms. The van der Waals surface area contributed by atoms with Crippen molar-refractivity contribution in [3.63, 3.8) is 0 Å². The second-order valence-corrected chi connectivity index (χ2v) is 5.51. The zero-order valence-electron chi connectivity index (χ0n) is 12.3. The average molecular weight is 274 g/mol. The van der Waals surface area contributed by atoms with Crippen LogP contribution in [0, 0.1) is 0 Å². The number of fused-ring (bicyclic) bond motifs is 1. The minimum absolute atomic E-state index is 0.0696. The maximum absolute atomic E-state index is 12.5. The van der Waals surface area contributed by atoms with Gasteiger partial charge in [-0.15, -0.1) is 0 Å². The number of aromatic nitrogens is 1. The van der Waals surface area contributed by atoms with Crippen LogP contribution in [0.1, 0.15) is 37.0 Å². The molecule has 0 spiro atoms. The molecule has 108 valence electrons. The molecule has 2 rings (SSSR count). The lowest BCUT2D eigenvalue weighted by Gasteiger charge is -2.28. The summed E-state index contributed by atoms with van der Waals surface area (Å²) in [6, 6.07) is 7.86. The number of nitrogens with zero attached hydrogens (tertiary/aromatic N) is 1. The highest BCUT2D eigenvalue weighted by Gasteiger charge is 2.25. The Morgan fingerprint density at radius 1 is 1.40 bits per heavy atom. The Morgan fingerprint density at radius 2 is 2.10 bits per heavy atom. The van der Waals surface area contributed by atoms with Crippen LogP contribution in [0.15, 0.2) is 30.5 Å². The first-order chi connectivity index (χ1) is 9.50. The number of aryl methyl sites for hydroxylation is 1. The fourth-order valence-corrected chi connectivity index (χ4v) is 2.44. The van der Waals surface area contributed by atoms with Gasteiger partial charge >= 0.3 is 0 Å². The van der Waals surface area contributed by atoms with Crippen LogP contribution in [0.4, 0.5) is 0 Å². The van der Waals surface area contributed by atoms with E-state index in [1.165, 1.54) is 0 Å². The van der Waals surface area contributed by atoms with Crippen LogP contribution in [-0.2, 0) is 7.05 Å². The standard InChI is InChI=1S/C16H22N2O2/c1-4-16(2,9-10-19)17-15(20)13-11-18(3)14-8-6-5-7-12(13)14/h5-8,11,19H,4,9-10H2,1-3H3,(H,17,20). The minimum atomic E-state index is -0.372. The molecule has 1 amide bonds. The van der Waals surface area contributed by atoms with Crippen molar-refractivity contribution in [3.05, 3.63) is 36.0 Å². The molecule has 4 nitrogen and oxygen atoms in total. The van der Waals surface area contributed by atoms with Gasteiger partial charge in [0.1, 0.15) is 0 Å². The SMILES string of the molecule is CCC(C)(CCO)NC(=O)c1cn(C)c2ccccc12. The molecule has 0 radical (unpaired) electrons. The number of aliphatic hydroxyl groups is 1. The molecule has 0 saturated heterocycles. The van der Waals surface area contributed by atoms with Gasteiger partial charge in [-0.05, 0) is 25.8 Å². The number of carbonyl (C=O) groups is 1. The number of benzene rings is 1. The van der Waals surface area contributed by atoms with Gasteiger partial charge in [0.2, 0.25) is 0 Å². The average Bonchev–Trinajstić information content (AvgIpc) is 2.77. The number of aliphatic hydroxyl groups excluding tert-OH is 1. The van der Waals surface area contributed by atoms with Crippen LogP contribution in [0.5, 0.6) is 0 Å². The van der Waals surface area contributed by atoms with Gasteiger partial charge in [-0.1, -0.05) is 25.1 Å². The normalized spacial score (nSPS) is 14.2. The molecule has 0 aliphatic heterocycles. The number of amides is 1. The predicted octanol–water partition coefficient (Wildman–Crippen LogP) is 2.46. The third-order valence-electron chi connectivity index (χ3n) is 4.00. The Labute approximate surface area is 119 Å². The van der Waals surface area contributed by atoms with Gasteiger partial charge in [0, 0.05) is 36.3 Å². The van der Waals surface area contributed by atoms with Crippen LogP contribution >= 0.6 is 0 Å². The molecule has 0 aliphatic rings. The lowest BCUT2D eigenvalue weighted by molar-refractivity contribution is 0.0887. The van der Waals surface area contributed by atoms with E-state index in [2.05, 4.69) is 5.32 Å². The molecule has 1 aromatic heterocycles. The minimum Gasteiger partial charge on any atom is -0.396 e.